The number of hydrogen-bond acceptors (Lipinski definition) is 6. The van der Waals surface area contributed by atoms with Crippen molar-refractivity contribution in [3.05, 3.63) is 126 Å². The number of benzene rings is 3. The summed E-state index contributed by atoms with van der Waals surface area (Å²) in [5.74, 6) is -1.07. The number of thioether (sulfide) groups is 1. The molecule has 0 aliphatic heterocycles. The second-order valence-corrected chi connectivity index (χ2v) is 10.0. The monoisotopic (exact) mass is 538 g/mol. The molecule has 3 aromatic carbocycles. The van der Waals surface area contributed by atoms with E-state index in [-0.39, 0.29) is 23.2 Å². The lowest BCUT2D eigenvalue weighted by Crippen LogP contribution is -2.46. The van der Waals surface area contributed by atoms with Gasteiger partial charge in [0.25, 0.3) is 0 Å². The van der Waals surface area contributed by atoms with Gasteiger partial charge in [-0.15, -0.1) is 0 Å². The number of nitrogens with zero attached hydrogens (tertiary/aromatic N) is 1. The maximum atomic E-state index is 13.5. The Morgan fingerprint density at radius 2 is 1.44 bits per heavy atom. The number of esters is 1. The maximum absolute atomic E-state index is 13.5. The average Bonchev–Trinajstić information content (AvgIpc) is 3.00. The summed E-state index contributed by atoms with van der Waals surface area (Å²) < 4.78 is 5.01. The minimum Gasteiger partial charge on any atom is -0.467 e. The fourth-order valence-electron chi connectivity index (χ4n) is 4.17. The van der Waals surface area contributed by atoms with E-state index in [4.69, 9.17) is 4.74 Å². The smallest absolute Gasteiger partial charge is 0.328 e. The Morgan fingerprint density at radius 3 is 2.08 bits per heavy atom. The van der Waals surface area contributed by atoms with Crippen molar-refractivity contribution in [3.63, 3.8) is 0 Å². The second-order valence-electron chi connectivity index (χ2n) is 9.05. The summed E-state index contributed by atoms with van der Waals surface area (Å²) in [7, 11) is 1.31. The van der Waals surface area contributed by atoms with Crippen LogP contribution in [0.3, 0.4) is 0 Å². The average molecular weight is 539 g/mol. The van der Waals surface area contributed by atoms with Crippen molar-refractivity contribution in [2.45, 2.75) is 18.9 Å². The Hall–Kier alpha value is -4.23. The number of nitrogens with one attached hydrogen (secondary N) is 1. The Labute approximate surface area is 232 Å². The van der Waals surface area contributed by atoms with E-state index in [1.807, 2.05) is 91.0 Å². The molecule has 1 amide bonds. The van der Waals surface area contributed by atoms with Crippen molar-refractivity contribution in [3.8, 4) is 11.3 Å². The number of amides is 1. The van der Waals surface area contributed by atoms with Gasteiger partial charge in [-0.05, 0) is 29.7 Å². The predicted octanol–water partition coefficient (Wildman–Crippen LogP) is 5.38. The van der Waals surface area contributed by atoms with E-state index in [0.717, 1.165) is 34.1 Å². The van der Waals surface area contributed by atoms with Gasteiger partial charge in [0.15, 0.2) is 0 Å². The van der Waals surface area contributed by atoms with E-state index in [2.05, 4.69) is 10.3 Å². The Balaban J connectivity index is 1.47. The molecular weight excluding hydrogens is 508 g/mol. The van der Waals surface area contributed by atoms with E-state index in [9.17, 15) is 14.4 Å². The summed E-state index contributed by atoms with van der Waals surface area (Å²) in [4.78, 5) is 43.3. The Morgan fingerprint density at radius 1 is 0.795 bits per heavy atom. The van der Waals surface area contributed by atoms with Crippen LogP contribution < -0.4 is 5.32 Å². The Bertz CT molecular complexity index is 1360. The van der Waals surface area contributed by atoms with Crippen molar-refractivity contribution >= 4 is 28.8 Å². The van der Waals surface area contributed by atoms with Crippen LogP contribution >= 0.6 is 11.8 Å². The standard InChI is InChI=1S/C32H30N2O4S/c1-38-31(36)29(21-24-15-17-25(18-16-24)28-14-8-9-19-33-28)34-30(35)27(20-23-10-4-2-5-11-23)22-39-32(37)26-12-6-3-7-13-26/h2-19,27,29H,20-22H2,1H3,(H,34,35)/t27?,29-/m0/s1. The molecule has 4 aromatic rings. The molecule has 0 radical (unpaired) electrons. The summed E-state index contributed by atoms with van der Waals surface area (Å²) in [5, 5.41) is 2.80. The molecule has 1 N–H and O–H groups in total. The molecule has 198 valence electrons. The number of hydrogen-bond donors (Lipinski definition) is 1. The number of aromatic nitrogens is 1. The third-order valence-electron chi connectivity index (χ3n) is 6.28. The summed E-state index contributed by atoms with van der Waals surface area (Å²) >= 11 is 1.11. The molecule has 0 bridgehead atoms. The normalized spacial score (nSPS) is 12.2. The van der Waals surface area contributed by atoms with Crippen LogP contribution in [-0.4, -0.2) is 40.9 Å². The lowest BCUT2D eigenvalue weighted by Gasteiger charge is -2.21. The molecule has 1 aromatic heterocycles. The first-order valence-electron chi connectivity index (χ1n) is 12.7. The van der Waals surface area contributed by atoms with E-state index < -0.39 is 17.9 Å². The minimum atomic E-state index is -0.865. The zero-order valence-corrected chi connectivity index (χ0v) is 22.5. The Kier molecular flexibility index (Phi) is 10.0. The number of rotatable bonds is 11. The van der Waals surface area contributed by atoms with Crippen LogP contribution in [-0.2, 0) is 27.2 Å². The van der Waals surface area contributed by atoms with Crippen LogP contribution in [0.5, 0.6) is 0 Å². The molecule has 0 aliphatic carbocycles. The highest BCUT2D eigenvalue weighted by atomic mass is 32.2. The lowest BCUT2D eigenvalue weighted by molar-refractivity contribution is -0.145. The van der Waals surface area contributed by atoms with Gasteiger partial charge in [-0.2, -0.15) is 0 Å². The molecule has 0 aliphatic rings. The first kappa shape index (κ1) is 27.8. The third-order valence-corrected chi connectivity index (χ3v) is 7.34. The van der Waals surface area contributed by atoms with Gasteiger partial charge >= 0.3 is 5.97 Å². The molecular formula is C32H30N2O4S. The predicted molar refractivity (Wildman–Crippen MR) is 154 cm³/mol. The molecule has 0 spiro atoms. The van der Waals surface area contributed by atoms with Gasteiger partial charge in [-0.1, -0.05) is 103 Å². The zero-order chi connectivity index (χ0) is 27.5. The van der Waals surface area contributed by atoms with Crippen LogP contribution in [0, 0.1) is 5.92 Å². The van der Waals surface area contributed by atoms with Gasteiger partial charge < -0.3 is 10.1 Å². The van der Waals surface area contributed by atoms with E-state index in [1.165, 1.54) is 7.11 Å². The maximum Gasteiger partial charge on any atom is 0.328 e. The van der Waals surface area contributed by atoms with Crippen molar-refractivity contribution in [1.82, 2.24) is 10.3 Å². The highest BCUT2D eigenvalue weighted by molar-refractivity contribution is 8.14. The van der Waals surface area contributed by atoms with Crippen molar-refractivity contribution < 1.29 is 19.1 Å². The summed E-state index contributed by atoms with van der Waals surface area (Å²) in [6.45, 7) is 0. The topological polar surface area (TPSA) is 85.4 Å². The van der Waals surface area contributed by atoms with E-state index in [1.54, 1.807) is 18.3 Å². The second kappa shape index (κ2) is 14.1. The fourth-order valence-corrected chi connectivity index (χ4v) is 5.09. The van der Waals surface area contributed by atoms with Crippen LogP contribution in [0.15, 0.2) is 109 Å². The molecule has 6 nitrogen and oxygen atoms in total. The lowest BCUT2D eigenvalue weighted by atomic mass is 9.98. The van der Waals surface area contributed by atoms with Gasteiger partial charge in [0.2, 0.25) is 11.0 Å². The molecule has 0 saturated carbocycles. The van der Waals surface area contributed by atoms with Gasteiger partial charge in [0, 0.05) is 29.5 Å². The van der Waals surface area contributed by atoms with Crippen molar-refractivity contribution in [2.24, 2.45) is 5.92 Å². The molecule has 4 rings (SSSR count). The van der Waals surface area contributed by atoms with Gasteiger partial charge in [-0.3, -0.25) is 14.6 Å². The number of carbonyl (C=O) groups excluding carboxylic acids is 3. The molecule has 0 saturated heterocycles. The van der Waals surface area contributed by atoms with Gasteiger partial charge in [0.1, 0.15) is 6.04 Å². The molecule has 39 heavy (non-hydrogen) atoms. The summed E-state index contributed by atoms with van der Waals surface area (Å²) in [6.07, 6.45) is 2.45. The highest BCUT2D eigenvalue weighted by Crippen LogP contribution is 2.21. The zero-order valence-electron chi connectivity index (χ0n) is 21.7. The van der Waals surface area contributed by atoms with Crippen LogP contribution in [0.1, 0.15) is 21.5 Å². The van der Waals surface area contributed by atoms with Crippen LogP contribution in [0.2, 0.25) is 0 Å². The van der Waals surface area contributed by atoms with Crippen LogP contribution in [0.4, 0.5) is 0 Å². The molecule has 1 unspecified atom stereocenters. The molecule has 2 atom stereocenters. The minimum absolute atomic E-state index is 0.0982. The van der Waals surface area contributed by atoms with Crippen molar-refractivity contribution in [1.29, 1.82) is 0 Å². The van der Waals surface area contributed by atoms with Gasteiger partial charge in [-0.25, -0.2) is 4.79 Å². The summed E-state index contributed by atoms with van der Waals surface area (Å²) in [5.41, 5.74) is 4.25. The van der Waals surface area contributed by atoms with Gasteiger partial charge in [0.05, 0.1) is 18.7 Å². The summed E-state index contributed by atoms with van der Waals surface area (Å²) in [6, 6.07) is 31.2. The first-order chi connectivity index (χ1) is 19.0. The third kappa shape index (κ3) is 8.12. The quantitative estimate of drug-likeness (QED) is 0.258. The number of methoxy groups -OCH3 is 1. The molecule has 0 fully saturated rings. The fraction of sp³-hybridized carbons (Fsp3) is 0.188. The number of pyridine rings is 1. The molecule has 7 heteroatoms. The molecule has 1 heterocycles. The highest BCUT2D eigenvalue weighted by Gasteiger charge is 2.27. The van der Waals surface area contributed by atoms with Crippen LogP contribution in [0.25, 0.3) is 11.3 Å². The first-order valence-corrected chi connectivity index (χ1v) is 13.7. The van der Waals surface area contributed by atoms with E-state index in [0.29, 0.717) is 12.0 Å². The largest absolute Gasteiger partial charge is 0.467 e. The number of ether oxygens (including phenoxy) is 1. The number of carbonyl (C=O) groups is 3. The SMILES string of the molecule is COC(=O)[C@H](Cc1ccc(-c2ccccn2)cc1)NC(=O)C(CSC(=O)c1ccccc1)Cc1ccccc1. The van der Waals surface area contributed by atoms with Crippen molar-refractivity contribution in [2.75, 3.05) is 12.9 Å². The van der Waals surface area contributed by atoms with E-state index >= 15 is 0 Å².